The van der Waals surface area contributed by atoms with Gasteiger partial charge in [0.2, 0.25) is 0 Å². The summed E-state index contributed by atoms with van der Waals surface area (Å²) in [7, 11) is -0.488. The molecule has 0 amide bonds. The van der Waals surface area contributed by atoms with Crippen molar-refractivity contribution in [2.45, 2.75) is 6.92 Å². The largest absolute Gasteiger partial charge is 0.673 e. The van der Waals surface area contributed by atoms with Gasteiger partial charge in [-0.2, -0.15) is 5.26 Å². The SMILES string of the molecule is CC[N+](C)(C)c1ccc(/C=C(/C#N)C(=O)OC)cc1.F[B-](F)(F)F. The summed E-state index contributed by atoms with van der Waals surface area (Å²) in [6, 6.07) is 9.63. The average Bonchev–Trinajstić information content (AvgIpc) is 2.50. The van der Waals surface area contributed by atoms with Crippen molar-refractivity contribution < 1.29 is 26.8 Å². The Morgan fingerprint density at radius 2 is 1.71 bits per heavy atom. The van der Waals surface area contributed by atoms with Crippen molar-refractivity contribution in [1.82, 2.24) is 4.48 Å². The third-order valence-electron chi connectivity index (χ3n) is 3.22. The molecule has 0 fully saturated rings. The second-order valence-electron chi connectivity index (χ2n) is 5.25. The number of nitrogens with zero attached hydrogens (tertiary/aromatic N) is 2. The van der Waals surface area contributed by atoms with Crippen molar-refractivity contribution in [2.75, 3.05) is 27.7 Å². The first-order chi connectivity index (χ1) is 10.9. The van der Waals surface area contributed by atoms with E-state index >= 15 is 0 Å². The van der Waals surface area contributed by atoms with Crippen molar-refractivity contribution in [3.05, 3.63) is 35.4 Å². The third kappa shape index (κ3) is 8.34. The van der Waals surface area contributed by atoms with Gasteiger partial charge in [0.15, 0.2) is 0 Å². The molecule has 0 saturated carbocycles. The minimum Gasteiger partial charge on any atom is -0.465 e. The minimum atomic E-state index is -6.00. The van der Waals surface area contributed by atoms with Crippen molar-refractivity contribution >= 4 is 25.0 Å². The van der Waals surface area contributed by atoms with E-state index in [1.165, 1.54) is 18.9 Å². The van der Waals surface area contributed by atoms with E-state index in [9.17, 15) is 22.1 Å². The highest BCUT2D eigenvalue weighted by Crippen LogP contribution is 2.20. The summed E-state index contributed by atoms with van der Waals surface area (Å²) in [5.41, 5.74) is 1.98. The molecular formula is C15H19BF4N2O2. The molecule has 1 rings (SSSR count). The number of nitriles is 1. The summed E-state index contributed by atoms with van der Waals surface area (Å²) < 4.78 is 44.3. The molecule has 0 atom stereocenters. The number of quaternary nitrogens is 1. The van der Waals surface area contributed by atoms with Crippen LogP contribution in [0, 0.1) is 11.3 Å². The monoisotopic (exact) mass is 346 g/mol. The fourth-order valence-electron chi connectivity index (χ4n) is 1.57. The maximum absolute atomic E-state index is 11.3. The molecule has 4 nitrogen and oxygen atoms in total. The number of carbonyl (C=O) groups is 1. The number of esters is 1. The van der Waals surface area contributed by atoms with E-state index in [0.717, 1.165) is 16.6 Å². The molecule has 0 aliphatic carbocycles. The topological polar surface area (TPSA) is 50.1 Å². The molecule has 9 heteroatoms. The van der Waals surface area contributed by atoms with Gasteiger partial charge in [-0.15, -0.1) is 0 Å². The zero-order chi connectivity index (χ0) is 19.0. The van der Waals surface area contributed by atoms with Crippen LogP contribution in [-0.4, -0.2) is 41.0 Å². The van der Waals surface area contributed by atoms with E-state index in [0.29, 0.717) is 0 Å². The summed E-state index contributed by atoms with van der Waals surface area (Å²) in [5.74, 6) is -0.615. The lowest BCUT2D eigenvalue weighted by atomic mass is 10.1. The lowest BCUT2D eigenvalue weighted by Gasteiger charge is -2.27. The average molecular weight is 346 g/mol. The Morgan fingerprint density at radius 3 is 2.04 bits per heavy atom. The Balaban J connectivity index is 0.000000922. The van der Waals surface area contributed by atoms with Crippen LogP contribution in [0.4, 0.5) is 23.0 Å². The normalized spacial score (nSPS) is 11.9. The van der Waals surface area contributed by atoms with Gasteiger partial charge in [-0.3, -0.25) is 4.48 Å². The lowest BCUT2D eigenvalue weighted by molar-refractivity contribution is -0.135. The number of hydrogen-bond acceptors (Lipinski definition) is 3. The van der Waals surface area contributed by atoms with Gasteiger partial charge >= 0.3 is 13.2 Å². The first-order valence-corrected chi connectivity index (χ1v) is 6.95. The zero-order valence-corrected chi connectivity index (χ0v) is 13.9. The van der Waals surface area contributed by atoms with Crippen molar-refractivity contribution in [2.24, 2.45) is 0 Å². The molecule has 24 heavy (non-hydrogen) atoms. The van der Waals surface area contributed by atoms with Crippen molar-refractivity contribution in [1.29, 1.82) is 5.26 Å². The Morgan fingerprint density at radius 1 is 1.25 bits per heavy atom. The fourth-order valence-corrected chi connectivity index (χ4v) is 1.57. The highest BCUT2D eigenvalue weighted by Gasteiger charge is 2.20. The van der Waals surface area contributed by atoms with E-state index in [-0.39, 0.29) is 5.57 Å². The van der Waals surface area contributed by atoms with Crippen LogP contribution in [0.15, 0.2) is 29.8 Å². The van der Waals surface area contributed by atoms with Crippen LogP contribution >= 0.6 is 0 Å². The summed E-state index contributed by atoms with van der Waals surface area (Å²) in [5, 5.41) is 8.89. The second-order valence-corrected chi connectivity index (χ2v) is 5.25. The maximum atomic E-state index is 11.3. The number of carbonyl (C=O) groups excluding carboxylic acids is 1. The number of halogens is 4. The molecule has 132 valence electrons. The Kier molecular flexibility index (Phi) is 8.20. The lowest BCUT2D eigenvalue weighted by Crippen LogP contribution is -2.39. The van der Waals surface area contributed by atoms with Gasteiger partial charge in [0.25, 0.3) is 0 Å². The van der Waals surface area contributed by atoms with Crippen molar-refractivity contribution in [3.8, 4) is 6.07 Å². The maximum Gasteiger partial charge on any atom is 0.673 e. The molecule has 0 aliphatic heterocycles. The standard InChI is InChI=1S/C15H19N2O2.BF4/c1-5-17(2,3)14-8-6-12(7-9-14)10-13(11-16)15(18)19-4;2-1(3,4)5/h6-10H,5H2,1-4H3;/q+1;-1/b13-10-;. The quantitative estimate of drug-likeness (QED) is 0.209. The molecule has 0 spiro atoms. The van der Waals surface area contributed by atoms with Crippen LogP contribution in [0.25, 0.3) is 6.08 Å². The zero-order valence-electron chi connectivity index (χ0n) is 13.9. The van der Waals surface area contributed by atoms with Gasteiger partial charge in [-0.1, -0.05) is 0 Å². The third-order valence-corrected chi connectivity index (χ3v) is 3.22. The summed E-state index contributed by atoms with van der Waals surface area (Å²) in [6.07, 6.45) is 1.53. The van der Waals surface area contributed by atoms with E-state index in [1.54, 1.807) is 0 Å². The van der Waals surface area contributed by atoms with Gasteiger partial charge in [0.05, 0.1) is 27.7 Å². The van der Waals surface area contributed by atoms with E-state index in [1.807, 2.05) is 30.3 Å². The predicted molar refractivity (Wildman–Crippen MR) is 86.4 cm³/mol. The molecule has 0 N–H and O–H groups in total. The molecule has 0 unspecified atom stereocenters. The number of benzene rings is 1. The molecule has 0 heterocycles. The summed E-state index contributed by atoms with van der Waals surface area (Å²) >= 11 is 0. The van der Waals surface area contributed by atoms with Crippen LogP contribution in [0.5, 0.6) is 0 Å². The Bertz CT molecular complexity index is 614. The number of ether oxygens (including phenoxy) is 1. The van der Waals surface area contributed by atoms with Crippen LogP contribution in [0.1, 0.15) is 12.5 Å². The highest BCUT2D eigenvalue weighted by atomic mass is 19.5. The molecule has 0 bridgehead atoms. The smallest absolute Gasteiger partial charge is 0.465 e. The van der Waals surface area contributed by atoms with Crippen LogP contribution in [0.3, 0.4) is 0 Å². The molecule has 0 aromatic heterocycles. The van der Waals surface area contributed by atoms with Gasteiger partial charge in [-0.05, 0) is 42.8 Å². The van der Waals surface area contributed by atoms with Gasteiger partial charge in [0.1, 0.15) is 17.3 Å². The highest BCUT2D eigenvalue weighted by molar-refractivity contribution is 6.50. The van der Waals surface area contributed by atoms with E-state index < -0.39 is 13.2 Å². The van der Waals surface area contributed by atoms with E-state index in [2.05, 4.69) is 25.8 Å². The summed E-state index contributed by atoms with van der Waals surface area (Å²) in [4.78, 5) is 11.3. The van der Waals surface area contributed by atoms with Crippen LogP contribution in [-0.2, 0) is 9.53 Å². The second kappa shape index (κ2) is 9.08. The van der Waals surface area contributed by atoms with Gasteiger partial charge < -0.3 is 22.0 Å². The van der Waals surface area contributed by atoms with Crippen molar-refractivity contribution in [3.63, 3.8) is 0 Å². The summed E-state index contributed by atoms with van der Waals surface area (Å²) in [6.45, 7) is 3.11. The molecule has 0 radical (unpaired) electrons. The number of methoxy groups -OCH3 is 1. The van der Waals surface area contributed by atoms with Crippen LogP contribution < -0.4 is 4.48 Å². The first-order valence-electron chi connectivity index (χ1n) is 6.95. The molecular weight excluding hydrogens is 327 g/mol. The minimum absolute atomic E-state index is 0.000471. The first kappa shape index (κ1) is 21.7. The Hall–Kier alpha value is -2.34. The molecule has 1 aromatic carbocycles. The fraction of sp³-hybridized carbons (Fsp3) is 0.333. The van der Waals surface area contributed by atoms with Gasteiger partial charge in [0, 0.05) is 0 Å². The number of rotatable bonds is 4. The Labute approximate surface area is 138 Å². The predicted octanol–water partition coefficient (Wildman–Crippen LogP) is 3.65. The molecule has 1 aromatic rings. The van der Waals surface area contributed by atoms with E-state index in [4.69, 9.17) is 5.26 Å². The van der Waals surface area contributed by atoms with Gasteiger partial charge in [-0.25, -0.2) is 4.79 Å². The molecule has 0 saturated heterocycles. The molecule has 0 aliphatic rings. The number of hydrogen-bond donors (Lipinski definition) is 0. The van der Waals surface area contributed by atoms with Crippen LogP contribution in [0.2, 0.25) is 0 Å².